The van der Waals surface area contributed by atoms with Gasteiger partial charge in [0, 0.05) is 32.7 Å². The minimum absolute atomic E-state index is 0.00971. The molecule has 2 aromatic heterocycles. The second-order valence-electron chi connectivity index (χ2n) is 9.63. The Bertz CT molecular complexity index is 1620. The molecule has 0 unspecified atom stereocenters. The number of anilines is 1. The minimum Gasteiger partial charge on any atom is -0.366 e. The van der Waals surface area contributed by atoms with E-state index in [1.807, 2.05) is 11.0 Å². The summed E-state index contributed by atoms with van der Waals surface area (Å²) in [6.45, 7) is 3.58. The molecule has 5 rings (SSSR count). The number of nitrogens with zero attached hydrogens (tertiary/aromatic N) is 6. The van der Waals surface area contributed by atoms with Crippen molar-refractivity contribution in [3.05, 3.63) is 105 Å². The summed E-state index contributed by atoms with van der Waals surface area (Å²) in [4.78, 5) is 21.9. The molecule has 0 amide bonds. The molecule has 1 fully saturated rings. The Morgan fingerprint density at radius 1 is 0.949 bits per heavy atom. The summed E-state index contributed by atoms with van der Waals surface area (Å²) < 4.78 is 29.0. The van der Waals surface area contributed by atoms with Gasteiger partial charge < -0.3 is 9.47 Å². The highest BCUT2D eigenvalue weighted by atomic mass is 19.1. The third kappa shape index (κ3) is 4.73. The van der Waals surface area contributed by atoms with Crippen molar-refractivity contribution in [1.82, 2.24) is 14.5 Å². The Labute approximate surface area is 224 Å². The highest BCUT2D eigenvalue weighted by Gasteiger charge is 2.35. The predicted octanol–water partition coefficient (Wildman–Crippen LogP) is 4.65. The zero-order chi connectivity index (χ0) is 27.7. The van der Waals surface area contributed by atoms with Gasteiger partial charge in [-0.25, -0.2) is 13.8 Å². The molecule has 1 saturated heterocycles. The van der Waals surface area contributed by atoms with Gasteiger partial charge in [0.25, 0.3) is 5.56 Å². The Kier molecular flexibility index (Phi) is 7.10. The van der Waals surface area contributed by atoms with Gasteiger partial charge in [0.15, 0.2) is 0 Å². The van der Waals surface area contributed by atoms with Crippen LogP contribution in [-0.2, 0) is 7.05 Å². The number of nitriles is 2. The van der Waals surface area contributed by atoms with E-state index in [9.17, 15) is 24.1 Å². The van der Waals surface area contributed by atoms with E-state index in [4.69, 9.17) is 0 Å². The highest BCUT2D eigenvalue weighted by Crippen LogP contribution is 2.36. The lowest BCUT2D eigenvalue weighted by atomic mass is 9.93. The van der Waals surface area contributed by atoms with Crippen molar-refractivity contribution >= 4 is 16.7 Å². The lowest BCUT2D eigenvalue weighted by Gasteiger charge is -2.46. The van der Waals surface area contributed by atoms with Gasteiger partial charge >= 0.3 is 0 Å². The van der Waals surface area contributed by atoms with E-state index < -0.39 is 5.56 Å². The predicted molar refractivity (Wildman–Crippen MR) is 144 cm³/mol. The van der Waals surface area contributed by atoms with Crippen LogP contribution in [0.15, 0.2) is 65.5 Å². The van der Waals surface area contributed by atoms with Crippen LogP contribution in [0.25, 0.3) is 11.0 Å². The van der Waals surface area contributed by atoms with Crippen LogP contribution in [0.2, 0.25) is 0 Å². The van der Waals surface area contributed by atoms with Gasteiger partial charge in [0.2, 0.25) is 0 Å². The average molecular weight is 525 g/mol. The second kappa shape index (κ2) is 10.6. The molecule has 1 aliphatic heterocycles. The average Bonchev–Trinajstić information content (AvgIpc) is 2.96. The molecule has 7 nitrogen and oxygen atoms in total. The van der Waals surface area contributed by atoms with Gasteiger partial charge in [-0.05, 0) is 53.9 Å². The third-order valence-electron chi connectivity index (χ3n) is 7.46. The number of aryl methyl sites for hydroxylation is 1. The monoisotopic (exact) mass is 524 g/mol. The molecule has 196 valence electrons. The SMILES string of the molecule is CC[C@@H]1CN(c2c(C#N)c(=O)n(C)c3ccc(C#N)nc23)CCN1C(c1ccc(F)cc1)c1ccc(F)cc1. The number of halogens is 2. The zero-order valence-electron chi connectivity index (χ0n) is 21.6. The fourth-order valence-corrected chi connectivity index (χ4v) is 5.51. The van der Waals surface area contributed by atoms with Crippen molar-refractivity contribution in [2.75, 3.05) is 24.5 Å². The number of hydrogen-bond donors (Lipinski definition) is 0. The maximum Gasteiger partial charge on any atom is 0.270 e. The first-order chi connectivity index (χ1) is 18.9. The lowest BCUT2D eigenvalue weighted by Crippen LogP contribution is -2.54. The van der Waals surface area contributed by atoms with Gasteiger partial charge in [-0.1, -0.05) is 31.2 Å². The maximum absolute atomic E-state index is 13.8. The first-order valence-corrected chi connectivity index (χ1v) is 12.7. The van der Waals surface area contributed by atoms with Crippen LogP contribution in [0, 0.1) is 34.3 Å². The van der Waals surface area contributed by atoms with Crippen LogP contribution in [0.1, 0.15) is 41.8 Å². The van der Waals surface area contributed by atoms with Crippen molar-refractivity contribution in [3.8, 4) is 12.1 Å². The molecule has 39 heavy (non-hydrogen) atoms. The molecule has 2 aromatic carbocycles. The second-order valence-corrected chi connectivity index (χ2v) is 9.63. The first-order valence-electron chi connectivity index (χ1n) is 12.7. The normalized spacial score (nSPS) is 15.9. The molecule has 9 heteroatoms. The summed E-state index contributed by atoms with van der Waals surface area (Å²) in [5, 5.41) is 19.5. The van der Waals surface area contributed by atoms with Gasteiger partial charge in [-0.15, -0.1) is 0 Å². The summed E-state index contributed by atoms with van der Waals surface area (Å²) in [5.74, 6) is -0.668. The van der Waals surface area contributed by atoms with Gasteiger partial charge in [0.05, 0.1) is 17.2 Å². The summed E-state index contributed by atoms with van der Waals surface area (Å²) in [7, 11) is 1.59. The van der Waals surface area contributed by atoms with E-state index in [1.54, 1.807) is 43.4 Å². The van der Waals surface area contributed by atoms with E-state index in [0.717, 1.165) is 17.5 Å². The minimum atomic E-state index is -0.419. The van der Waals surface area contributed by atoms with Crippen molar-refractivity contribution < 1.29 is 8.78 Å². The van der Waals surface area contributed by atoms with Gasteiger partial charge in [0.1, 0.15) is 40.5 Å². The highest BCUT2D eigenvalue weighted by molar-refractivity contribution is 5.92. The van der Waals surface area contributed by atoms with Crippen LogP contribution in [0.5, 0.6) is 0 Å². The van der Waals surface area contributed by atoms with Crippen molar-refractivity contribution in [2.24, 2.45) is 7.05 Å². The lowest BCUT2D eigenvalue weighted by molar-refractivity contribution is 0.135. The van der Waals surface area contributed by atoms with Crippen molar-refractivity contribution in [3.63, 3.8) is 0 Å². The van der Waals surface area contributed by atoms with Crippen LogP contribution in [-0.4, -0.2) is 40.1 Å². The molecule has 1 aliphatic rings. The number of rotatable bonds is 5. The quantitative estimate of drug-likeness (QED) is 0.378. The third-order valence-corrected chi connectivity index (χ3v) is 7.46. The molecule has 0 N–H and O–H groups in total. The fraction of sp³-hybridized carbons (Fsp3) is 0.267. The summed E-state index contributed by atoms with van der Waals surface area (Å²) in [5.41, 5.74) is 2.94. The number of hydrogen-bond acceptors (Lipinski definition) is 6. The summed E-state index contributed by atoms with van der Waals surface area (Å²) in [6.07, 6.45) is 0.747. The zero-order valence-corrected chi connectivity index (χ0v) is 21.6. The van der Waals surface area contributed by atoms with Gasteiger partial charge in [-0.2, -0.15) is 10.5 Å². The number of fused-ring (bicyclic) bond motifs is 1. The Morgan fingerprint density at radius 3 is 2.10 bits per heavy atom. The molecule has 0 radical (unpaired) electrons. The summed E-state index contributed by atoms with van der Waals surface area (Å²) in [6, 6.07) is 19.8. The van der Waals surface area contributed by atoms with E-state index in [2.05, 4.69) is 22.9 Å². The van der Waals surface area contributed by atoms with Gasteiger partial charge in [-0.3, -0.25) is 9.69 Å². The number of benzene rings is 2. The van der Waals surface area contributed by atoms with Crippen LogP contribution < -0.4 is 10.5 Å². The van der Waals surface area contributed by atoms with E-state index in [-0.39, 0.29) is 35.0 Å². The molecule has 1 atom stereocenters. The first kappa shape index (κ1) is 26.0. The molecule has 0 spiro atoms. The van der Waals surface area contributed by atoms with Crippen molar-refractivity contribution in [1.29, 1.82) is 10.5 Å². The molecule has 0 bridgehead atoms. The maximum atomic E-state index is 13.8. The molecule has 0 aliphatic carbocycles. The van der Waals surface area contributed by atoms with Crippen LogP contribution in [0.4, 0.5) is 14.5 Å². The molecule has 3 heterocycles. The van der Waals surface area contributed by atoms with E-state index >= 15 is 0 Å². The Balaban J connectivity index is 1.59. The number of piperazine rings is 1. The van der Waals surface area contributed by atoms with E-state index in [0.29, 0.717) is 36.4 Å². The van der Waals surface area contributed by atoms with Crippen molar-refractivity contribution in [2.45, 2.75) is 25.4 Å². The van der Waals surface area contributed by atoms with Crippen LogP contribution >= 0.6 is 0 Å². The van der Waals surface area contributed by atoms with E-state index in [1.165, 1.54) is 28.8 Å². The molecule has 0 saturated carbocycles. The fourth-order valence-electron chi connectivity index (χ4n) is 5.51. The number of pyridine rings is 2. The Morgan fingerprint density at radius 2 is 1.56 bits per heavy atom. The van der Waals surface area contributed by atoms with Crippen LogP contribution in [0.3, 0.4) is 0 Å². The smallest absolute Gasteiger partial charge is 0.270 e. The standard InChI is InChI=1S/C30H26F2N6O/c1-3-24-18-37(29-25(17-34)30(39)36(2)26-13-12-23(16-33)35-27(26)29)14-15-38(24)28(19-4-8-21(31)9-5-19)20-6-10-22(32)11-7-20/h4-13,24,28H,3,14-15,18H2,1-2H3/t24-/m1/s1. The topological polar surface area (TPSA) is 88.9 Å². The molecule has 4 aromatic rings. The number of aromatic nitrogens is 2. The Hall–Kier alpha value is -4.60. The largest absolute Gasteiger partial charge is 0.366 e. The molecular formula is C30H26F2N6O. The molecular weight excluding hydrogens is 498 g/mol. The summed E-state index contributed by atoms with van der Waals surface area (Å²) >= 11 is 0.